The van der Waals surface area contributed by atoms with Crippen molar-refractivity contribution in [3.05, 3.63) is 12.3 Å². The molecular weight excluding hydrogens is 184 g/mol. The van der Waals surface area contributed by atoms with E-state index in [1.807, 2.05) is 0 Å². The third kappa shape index (κ3) is 1.93. The van der Waals surface area contributed by atoms with Gasteiger partial charge in [-0.2, -0.15) is 0 Å². The Labute approximate surface area is 81.6 Å². The van der Waals surface area contributed by atoms with E-state index in [0.717, 1.165) is 13.0 Å². The van der Waals surface area contributed by atoms with Crippen LogP contribution in [-0.4, -0.2) is 35.0 Å². The lowest BCUT2D eigenvalue weighted by Crippen LogP contribution is -2.32. The lowest BCUT2D eigenvalue weighted by atomic mass is 10.2. The van der Waals surface area contributed by atoms with Crippen molar-refractivity contribution in [3.63, 3.8) is 0 Å². The van der Waals surface area contributed by atoms with Crippen molar-refractivity contribution in [1.82, 2.24) is 9.78 Å². The molecule has 1 aliphatic heterocycles. The molecule has 0 spiro atoms. The second-order valence-corrected chi connectivity index (χ2v) is 3.21. The van der Waals surface area contributed by atoms with Gasteiger partial charge in [0.1, 0.15) is 6.61 Å². The fourth-order valence-corrected chi connectivity index (χ4v) is 1.15. The summed E-state index contributed by atoms with van der Waals surface area (Å²) in [4.78, 5) is 10.9. The fraction of sp³-hybridized carbons (Fsp3) is 0.556. The van der Waals surface area contributed by atoms with Crippen LogP contribution < -0.4 is 4.74 Å². The summed E-state index contributed by atoms with van der Waals surface area (Å²) in [6, 6.07) is 1.67. The molecule has 1 atom stereocenters. The van der Waals surface area contributed by atoms with E-state index in [4.69, 9.17) is 9.47 Å². The van der Waals surface area contributed by atoms with Crippen molar-refractivity contribution in [2.24, 2.45) is 0 Å². The van der Waals surface area contributed by atoms with Gasteiger partial charge in [0.25, 0.3) is 0 Å². The molecule has 1 aromatic heterocycles. The van der Waals surface area contributed by atoms with Gasteiger partial charge in [-0.15, -0.1) is 5.10 Å². The quantitative estimate of drug-likeness (QED) is 0.714. The van der Waals surface area contributed by atoms with Crippen LogP contribution in [0.2, 0.25) is 0 Å². The van der Waals surface area contributed by atoms with Crippen LogP contribution in [0.3, 0.4) is 0 Å². The second-order valence-electron chi connectivity index (χ2n) is 3.21. The Kier molecular flexibility index (Phi) is 2.49. The number of carbonyl (C=O) groups excluding carboxylic acids is 1. The van der Waals surface area contributed by atoms with Gasteiger partial charge in [0, 0.05) is 32.2 Å². The molecule has 1 aliphatic rings. The minimum Gasteiger partial charge on any atom is -0.474 e. The maximum atomic E-state index is 10.9. The molecule has 1 fully saturated rings. The first-order valence-electron chi connectivity index (χ1n) is 4.57. The highest BCUT2D eigenvalue weighted by atomic mass is 16.5. The third-order valence-electron chi connectivity index (χ3n) is 2.10. The Balaban J connectivity index is 1.86. The molecule has 0 radical (unpaired) electrons. The van der Waals surface area contributed by atoms with Crippen LogP contribution in [0.15, 0.2) is 12.3 Å². The van der Waals surface area contributed by atoms with Crippen LogP contribution in [0.5, 0.6) is 5.88 Å². The van der Waals surface area contributed by atoms with Gasteiger partial charge in [0.05, 0.1) is 6.10 Å². The number of ether oxygens (including phenoxy) is 2. The molecule has 1 saturated heterocycles. The van der Waals surface area contributed by atoms with Gasteiger partial charge >= 0.3 is 0 Å². The number of hydrogen-bond acceptors (Lipinski definition) is 4. The molecule has 1 aromatic rings. The molecule has 0 amide bonds. The SMILES string of the molecule is CC(=O)n1ccc(OCC2CCO2)n1. The van der Waals surface area contributed by atoms with Crippen molar-refractivity contribution in [1.29, 1.82) is 0 Å². The van der Waals surface area contributed by atoms with E-state index in [1.165, 1.54) is 11.6 Å². The first-order valence-corrected chi connectivity index (χ1v) is 4.57. The summed E-state index contributed by atoms with van der Waals surface area (Å²) in [6.45, 7) is 2.77. The van der Waals surface area contributed by atoms with Crippen molar-refractivity contribution < 1.29 is 14.3 Å². The number of nitrogens with zero attached hydrogens (tertiary/aromatic N) is 2. The number of carbonyl (C=O) groups is 1. The molecule has 5 nitrogen and oxygen atoms in total. The molecule has 14 heavy (non-hydrogen) atoms. The second kappa shape index (κ2) is 3.79. The van der Waals surface area contributed by atoms with E-state index >= 15 is 0 Å². The summed E-state index contributed by atoms with van der Waals surface area (Å²) in [5.41, 5.74) is 0. The van der Waals surface area contributed by atoms with Gasteiger partial charge in [-0.1, -0.05) is 0 Å². The molecule has 0 aliphatic carbocycles. The molecule has 1 unspecified atom stereocenters. The van der Waals surface area contributed by atoms with E-state index in [0.29, 0.717) is 12.5 Å². The summed E-state index contributed by atoms with van der Waals surface area (Å²) in [5.74, 6) is 0.343. The first kappa shape index (κ1) is 9.21. The Bertz CT molecular complexity index is 331. The van der Waals surface area contributed by atoms with Crippen molar-refractivity contribution >= 4 is 5.91 Å². The van der Waals surface area contributed by atoms with Gasteiger partial charge in [0.15, 0.2) is 0 Å². The Morgan fingerprint density at radius 3 is 3.14 bits per heavy atom. The highest BCUT2D eigenvalue weighted by Gasteiger charge is 2.19. The number of rotatable bonds is 3. The molecule has 0 bridgehead atoms. The monoisotopic (exact) mass is 196 g/mol. The van der Waals surface area contributed by atoms with Crippen LogP contribution in [0, 0.1) is 0 Å². The average Bonchev–Trinajstić information content (AvgIpc) is 2.50. The minimum atomic E-state index is -0.125. The normalized spacial score (nSPS) is 20.2. The fourth-order valence-electron chi connectivity index (χ4n) is 1.15. The lowest BCUT2D eigenvalue weighted by Gasteiger charge is -2.25. The van der Waals surface area contributed by atoms with Crippen molar-refractivity contribution in [2.75, 3.05) is 13.2 Å². The zero-order valence-corrected chi connectivity index (χ0v) is 7.97. The van der Waals surface area contributed by atoms with E-state index in [2.05, 4.69) is 5.10 Å². The minimum absolute atomic E-state index is 0.125. The summed E-state index contributed by atoms with van der Waals surface area (Å²) in [6.07, 6.45) is 2.81. The summed E-state index contributed by atoms with van der Waals surface area (Å²) >= 11 is 0. The van der Waals surface area contributed by atoms with Crippen LogP contribution in [0.25, 0.3) is 0 Å². The molecule has 5 heteroatoms. The predicted octanol–water partition coefficient (Wildman–Crippen LogP) is 0.711. The zero-order valence-electron chi connectivity index (χ0n) is 7.97. The average molecular weight is 196 g/mol. The molecule has 0 aromatic carbocycles. The molecule has 0 saturated carbocycles. The number of hydrogen-bond donors (Lipinski definition) is 0. The highest BCUT2D eigenvalue weighted by molar-refractivity contribution is 5.75. The Hall–Kier alpha value is -1.36. The summed E-state index contributed by atoms with van der Waals surface area (Å²) in [7, 11) is 0. The molecule has 76 valence electrons. The highest BCUT2D eigenvalue weighted by Crippen LogP contribution is 2.13. The Morgan fingerprint density at radius 1 is 1.86 bits per heavy atom. The van der Waals surface area contributed by atoms with Gasteiger partial charge in [-0.05, 0) is 0 Å². The van der Waals surface area contributed by atoms with Crippen molar-refractivity contribution in [3.8, 4) is 5.88 Å². The van der Waals surface area contributed by atoms with Crippen LogP contribution in [0.4, 0.5) is 0 Å². The summed E-state index contributed by atoms with van der Waals surface area (Å²) in [5, 5.41) is 3.93. The third-order valence-corrected chi connectivity index (χ3v) is 2.10. The van der Waals surface area contributed by atoms with Gasteiger partial charge in [-0.3, -0.25) is 4.79 Å². The van der Waals surface area contributed by atoms with E-state index in [-0.39, 0.29) is 12.0 Å². The van der Waals surface area contributed by atoms with Gasteiger partial charge in [0.2, 0.25) is 11.8 Å². The standard InChI is InChI=1S/C9H12N2O3/c1-7(12)11-4-2-9(10-11)14-6-8-3-5-13-8/h2,4,8H,3,5-6H2,1H3. The Morgan fingerprint density at radius 2 is 2.64 bits per heavy atom. The van der Waals surface area contributed by atoms with Gasteiger partial charge in [-0.25, -0.2) is 4.68 Å². The number of aromatic nitrogens is 2. The maximum Gasteiger partial charge on any atom is 0.243 e. The van der Waals surface area contributed by atoms with Crippen molar-refractivity contribution in [2.45, 2.75) is 19.4 Å². The zero-order chi connectivity index (χ0) is 9.97. The van der Waals surface area contributed by atoms with E-state index in [9.17, 15) is 4.79 Å². The topological polar surface area (TPSA) is 53.4 Å². The van der Waals surface area contributed by atoms with E-state index in [1.54, 1.807) is 12.3 Å². The molecule has 0 N–H and O–H groups in total. The molecule has 2 heterocycles. The lowest BCUT2D eigenvalue weighted by molar-refractivity contribution is -0.0727. The largest absolute Gasteiger partial charge is 0.474 e. The van der Waals surface area contributed by atoms with E-state index < -0.39 is 0 Å². The maximum absolute atomic E-state index is 10.9. The van der Waals surface area contributed by atoms with Crippen LogP contribution in [0.1, 0.15) is 18.1 Å². The first-order chi connectivity index (χ1) is 6.75. The molecular formula is C9H12N2O3. The smallest absolute Gasteiger partial charge is 0.243 e. The van der Waals surface area contributed by atoms with Gasteiger partial charge < -0.3 is 9.47 Å². The predicted molar refractivity (Wildman–Crippen MR) is 48.4 cm³/mol. The summed E-state index contributed by atoms with van der Waals surface area (Å²) < 4.78 is 11.8. The van der Waals surface area contributed by atoms with Crippen LogP contribution in [-0.2, 0) is 4.74 Å². The van der Waals surface area contributed by atoms with Crippen LogP contribution >= 0.6 is 0 Å². The molecule has 2 rings (SSSR count).